The molecule has 0 amide bonds. The SMILES string of the molecule is CCC[N]CCCCNS(=O)(=O)c1ccc(C)cc1. The zero-order valence-electron chi connectivity index (χ0n) is 11.7. The van der Waals surface area contributed by atoms with Crippen molar-refractivity contribution in [2.45, 2.75) is 38.0 Å². The molecule has 5 heteroatoms. The molecule has 0 aliphatic rings. The van der Waals surface area contributed by atoms with Crippen LogP contribution in [0.25, 0.3) is 0 Å². The number of aryl methyl sites for hydroxylation is 1. The molecule has 0 spiro atoms. The second-order valence-electron chi connectivity index (χ2n) is 4.59. The maximum Gasteiger partial charge on any atom is 0.240 e. The first-order chi connectivity index (χ1) is 9.06. The largest absolute Gasteiger partial charge is 0.242 e. The Balaban J connectivity index is 2.29. The number of nitrogens with one attached hydrogen (secondary N) is 1. The van der Waals surface area contributed by atoms with E-state index >= 15 is 0 Å². The minimum Gasteiger partial charge on any atom is -0.242 e. The van der Waals surface area contributed by atoms with E-state index in [2.05, 4.69) is 17.0 Å². The normalized spacial score (nSPS) is 11.7. The van der Waals surface area contributed by atoms with E-state index in [1.54, 1.807) is 24.3 Å². The van der Waals surface area contributed by atoms with Crippen molar-refractivity contribution in [3.8, 4) is 0 Å². The van der Waals surface area contributed by atoms with E-state index < -0.39 is 10.0 Å². The molecule has 0 aliphatic heterocycles. The summed E-state index contributed by atoms with van der Waals surface area (Å²) in [5, 5.41) is 4.31. The number of benzene rings is 1. The molecule has 0 aromatic heterocycles. The third-order valence-corrected chi connectivity index (χ3v) is 4.23. The summed E-state index contributed by atoms with van der Waals surface area (Å²) in [7, 11) is -3.36. The molecular formula is C14H23N2O2S. The number of hydrogen-bond donors (Lipinski definition) is 1. The molecule has 0 unspecified atom stereocenters. The predicted octanol–water partition coefficient (Wildman–Crippen LogP) is 2.07. The monoisotopic (exact) mass is 283 g/mol. The average molecular weight is 283 g/mol. The molecule has 0 heterocycles. The van der Waals surface area contributed by atoms with Crippen molar-refractivity contribution >= 4 is 10.0 Å². The summed E-state index contributed by atoms with van der Waals surface area (Å²) >= 11 is 0. The van der Waals surface area contributed by atoms with E-state index in [4.69, 9.17) is 0 Å². The highest BCUT2D eigenvalue weighted by atomic mass is 32.2. The van der Waals surface area contributed by atoms with Gasteiger partial charge in [0.2, 0.25) is 10.0 Å². The Hall–Kier alpha value is -0.910. The number of nitrogens with zero attached hydrogens (tertiary/aromatic N) is 1. The van der Waals surface area contributed by atoms with Gasteiger partial charge in [-0.2, -0.15) is 0 Å². The molecule has 1 aromatic rings. The van der Waals surface area contributed by atoms with Crippen molar-refractivity contribution in [1.29, 1.82) is 0 Å². The lowest BCUT2D eigenvalue weighted by atomic mass is 10.2. The summed E-state index contributed by atoms with van der Waals surface area (Å²) in [6, 6.07) is 6.87. The molecule has 107 valence electrons. The minimum absolute atomic E-state index is 0.328. The molecule has 0 atom stereocenters. The quantitative estimate of drug-likeness (QED) is 0.705. The van der Waals surface area contributed by atoms with Gasteiger partial charge in [-0.1, -0.05) is 24.6 Å². The van der Waals surface area contributed by atoms with Crippen molar-refractivity contribution < 1.29 is 8.42 Å². The van der Waals surface area contributed by atoms with Gasteiger partial charge >= 0.3 is 0 Å². The van der Waals surface area contributed by atoms with Gasteiger partial charge in [0.05, 0.1) is 4.90 Å². The van der Waals surface area contributed by atoms with E-state index in [9.17, 15) is 8.42 Å². The number of unbranched alkanes of at least 4 members (excludes halogenated alkanes) is 1. The third-order valence-electron chi connectivity index (χ3n) is 2.75. The standard InChI is InChI=1S/C14H23N2O2S/c1-3-10-15-11-4-5-12-16-19(17,18)14-8-6-13(2)7-9-14/h6-9,16H,3-5,10-12H2,1-2H3. The lowest BCUT2D eigenvalue weighted by molar-refractivity contribution is 0.568. The molecule has 4 nitrogen and oxygen atoms in total. The van der Waals surface area contributed by atoms with Crippen LogP contribution in [0.4, 0.5) is 0 Å². The maximum atomic E-state index is 11.9. The molecule has 1 radical (unpaired) electrons. The van der Waals surface area contributed by atoms with Crippen LogP contribution in [0.2, 0.25) is 0 Å². The van der Waals surface area contributed by atoms with Crippen LogP contribution in [0.3, 0.4) is 0 Å². The van der Waals surface area contributed by atoms with Crippen molar-refractivity contribution in [3.05, 3.63) is 29.8 Å². The van der Waals surface area contributed by atoms with Crippen LogP contribution in [0.1, 0.15) is 31.7 Å². The van der Waals surface area contributed by atoms with E-state index in [0.29, 0.717) is 11.4 Å². The van der Waals surface area contributed by atoms with Crippen LogP contribution < -0.4 is 10.0 Å². The molecule has 1 aromatic carbocycles. The van der Waals surface area contributed by atoms with Crippen LogP contribution >= 0.6 is 0 Å². The van der Waals surface area contributed by atoms with Crippen molar-refractivity contribution in [2.75, 3.05) is 19.6 Å². The highest BCUT2D eigenvalue weighted by Gasteiger charge is 2.12. The van der Waals surface area contributed by atoms with Crippen molar-refractivity contribution in [3.63, 3.8) is 0 Å². The fraction of sp³-hybridized carbons (Fsp3) is 0.571. The van der Waals surface area contributed by atoms with Crippen LogP contribution in [0.15, 0.2) is 29.2 Å². The molecule has 0 aliphatic carbocycles. The molecule has 0 saturated heterocycles. The number of sulfonamides is 1. The first kappa shape index (κ1) is 16.1. The highest BCUT2D eigenvalue weighted by molar-refractivity contribution is 7.89. The fourth-order valence-electron chi connectivity index (χ4n) is 1.63. The van der Waals surface area contributed by atoms with Gasteiger partial charge < -0.3 is 0 Å². The number of hydrogen-bond acceptors (Lipinski definition) is 2. The molecule has 1 rings (SSSR count). The summed E-state index contributed by atoms with van der Waals surface area (Å²) in [4.78, 5) is 0.328. The Morgan fingerprint density at radius 2 is 1.79 bits per heavy atom. The Bertz CT molecular complexity index is 455. The van der Waals surface area contributed by atoms with Gasteiger partial charge in [0, 0.05) is 19.6 Å². The molecule has 0 fully saturated rings. The van der Waals surface area contributed by atoms with Gasteiger partial charge in [-0.15, -0.1) is 0 Å². The highest BCUT2D eigenvalue weighted by Crippen LogP contribution is 2.09. The second kappa shape index (κ2) is 8.30. The van der Waals surface area contributed by atoms with E-state index in [-0.39, 0.29) is 0 Å². The van der Waals surface area contributed by atoms with Crippen molar-refractivity contribution in [1.82, 2.24) is 10.0 Å². The molecule has 1 N–H and O–H groups in total. The van der Waals surface area contributed by atoms with Crippen LogP contribution in [-0.4, -0.2) is 28.1 Å². The lowest BCUT2D eigenvalue weighted by Crippen LogP contribution is -2.25. The molecule has 0 saturated carbocycles. The third kappa shape index (κ3) is 6.18. The predicted molar refractivity (Wildman–Crippen MR) is 77.8 cm³/mol. The Morgan fingerprint density at radius 3 is 2.42 bits per heavy atom. The number of rotatable bonds is 9. The zero-order valence-corrected chi connectivity index (χ0v) is 12.5. The summed E-state index contributed by atoms with van der Waals surface area (Å²) in [6.07, 6.45) is 2.81. The molecule has 19 heavy (non-hydrogen) atoms. The summed E-state index contributed by atoms with van der Waals surface area (Å²) < 4.78 is 26.5. The van der Waals surface area contributed by atoms with E-state index in [1.807, 2.05) is 6.92 Å². The van der Waals surface area contributed by atoms with Gasteiger partial charge in [-0.05, 0) is 38.3 Å². The van der Waals surface area contributed by atoms with Crippen LogP contribution in [-0.2, 0) is 10.0 Å². The fourth-order valence-corrected chi connectivity index (χ4v) is 2.70. The first-order valence-corrected chi connectivity index (χ1v) is 8.24. The second-order valence-corrected chi connectivity index (χ2v) is 6.36. The summed E-state index contributed by atoms with van der Waals surface area (Å²) in [5.41, 5.74) is 1.05. The topological polar surface area (TPSA) is 60.3 Å². The summed E-state index contributed by atoms with van der Waals surface area (Å²) in [5.74, 6) is 0. The zero-order chi connectivity index (χ0) is 14.1. The van der Waals surface area contributed by atoms with Crippen molar-refractivity contribution in [2.24, 2.45) is 0 Å². The molecule has 0 bridgehead atoms. The Morgan fingerprint density at radius 1 is 1.11 bits per heavy atom. The average Bonchev–Trinajstić information content (AvgIpc) is 2.38. The van der Waals surface area contributed by atoms with Crippen LogP contribution in [0.5, 0.6) is 0 Å². The van der Waals surface area contributed by atoms with Gasteiger partial charge in [-0.25, -0.2) is 18.5 Å². The maximum absolute atomic E-state index is 11.9. The smallest absolute Gasteiger partial charge is 0.240 e. The lowest BCUT2D eigenvalue weighted by Gasteiger charge is -2.07. The van der Waals surface area contributed by atoms with Gasteiger partial charge in [0.15, 0.2) is 0 Å². The summed E-state index contributed by atoms with van der Waals surface area (Å²) in [6.45, 7) is 6.22. The minimum atomic E-state index is -3.36. The Labute approximate surface area is 116 Å². The van der Waals surface area contributed by atoms with Gasteiger partial charge in [0.25, 0.3) is 0 Å². The Kier molecular flexibility index (Phi) is 7.05. The first-order valence-electron chi connectivity index (χ1n) is 6.76. The van der Waals surface area contributed by atoms with E-state index in [0.717, 1.165) is 37.9 Å². The van der Waals surface area contributed by atoms with Gasteiger partial charge in [-0.3, -0.25) is 0 Å². The van der Waals surface area contributed by atoms with Gasteiger partial charge in [0.1, 0.15) is 0 Å². The van der Waals surface area contributed by atoms with E-state index in [1.165, 1.54) is 0 Å². The van der Waals surface area contributed by atoms with Crippen LogP contribution in [0, 0.1) is 6.92 Å². The molecular weight excluding hydrogens is 260 g/mol.